The second-order valence-electron chi connectivity index (χ2n) is 5.84. The van der Waals surface area contributed by atoms with Crippen molar-refractivity contribution in [3.05, 3.63) is 76.8 Å². The van der Waals surface area contributed by atoms with Crippen molar-refractivity contribution in [1.29, 1.82) is 0 Å². The molecule has 7 heteroatoms. The van der Waals surface area contributed by atoms with E-state index in [1.54, 1.807) is 29.6 Å². The summed E-state index contributed by atoms with van der Waals surface area (Å²) in [4.78, 5) is 39.8. The van der Waals surface area contributed by atoms with E-state index in [0.717, 1.165) is 5.56 Å². The number of carbonyl (C=O) groups is 3. The van der Waals surface area contributed by atoms with Gasteiger partial charge in [-0.2, -0.15) is 0 Å². The van der Waals surface area contributed by atoms with Crippen molar-refractivity contribution in [2.75, 3.05) is 10.6 Å². The van der Waals surface area contributed by atoms with Gasteiger partial charge in [-0.3, -0.25) is 14.4 Å². The van der Waals surface area contributed by atoms with Crippen molar-refractivity contribution in [2.45, 2.75) is 13.3 Å². The topological polar surface area (TPSA) is 88.2 Å². The first-order valence-electron chi connectivity index (χ1n) is 8.23. The zero-order valence-corrected chi connectivity index (χ0v) is 15.4. The minimum Gasteiger partial charge on any atom is -0.321 e. The molecule has 0 spiro atoms. The van der Waals surface area contributed by atoms with Crippen LogP contribution in [0.1, 0.15) is 33.3 Å². The lowest BCUT2D eigenvalue weighted by Gasteiger charge is -2.04. The van der Waals surface area contributed by atoms with Crippen LogP contribution in [0.15, 0.2) is 60.0 Å². The van der Waals surface area contributed by atoms with Crippen LogP contribution in [0, 0.1) is 0 Å². The maximum absolute atomic E-state index is 12.3. The smallest absolute Gasteiger partial charge is 0.275 e. The predicted octanol–water partition coefficient (Wildman–Crippen LogP) is 3.78. The lowest BCUT2D eigenvalue weighted by molar-refractivity contribution is -0.115. The van der Waals surface area contributed by atoms with Crippen LogP contribution in [0.2, 0.25) is 0 Å². The number of rotatable bonds is 6. The van der Waals surface area contributed by atoms with Gasteiger partial charge in [-0.15, -0.1) is 11.3 Å². The summed E-state index contributed by atoms with van der Waals surface area (Å²) in [5, 5.41) is 7.36. The molecule has 3 aromatic rings. The Labute approximate surface area is 160 Å². The Hall–Kier alpha value is -3.32. The Bertz CT molecular complexity index is 966. The van der Waals surface area contributed by atoms with Gasteiger partial charge in [0.05, 0.1) is 6.42 Å². The molecule has 0 aliphatic carbocycles. The molecule has 0 aliphatic heterocycles. The number of carbonyl (C=O) groups excluding carboxylic acids is 3. The van der Waals surface area contributed by atoms with E-state index >= 15 is 0 Å². The van der Waals surface area contributed by atoms with E-state index in [9.17, 15) is 14.4 Å². The average molecular weight is 379 g/mol. The van der Waals surface area contributed by atoms with Gasteiger partial charge in [0.15, 0.2) is 10.9 Å². The highest BCUT2D eigenvalue weighted by Gasteiger charge is 2.13. The molecule has 27 heavy (non-hydrogen) atoms. The van der Waals surface area contributed by atoms with Gasteiger partial charge in [0.25, 0.3) is 5.91 Å². The molecule has 0 unspecified atom stereocenters. The minimum atomic E-state index is -0.384. The minimum absolute atomic E-state index is 0.0386. The van der Waals surface area contributed by atoms with Gasteiger partial charge in [0.1, 0.15) is 5.69 Å². The molecule has 2 aromatic carbocycles. The predicted molar refractivity (Wildman–Crippen MR) is 105 cm³/mol. The van der Waals surface area contributed by atoms with Gasteiger partial charge in [-0.25, -0.2) is 4.98 Å². The molecule has 0 radical (unpaired) electrons. The molecule has 0 atom stereocenters. The van der Waals surface area contributed by atoms with Crippen LogP contribution in [0.5, 0.6) is 0 Å². The van der Waals surface area contributed by atoms with Crippen LogP contribution in [0.25, 0.3) is 0 Å². The van der Waals surface area contributed by atoms with Crippen LogP contribution in [-0.4, -0.2) is 22.6 Å². The first kappa shape index (κ1) is 18.5. The van der Waals surface area contributed by atoms with Gasteiger partial charge < -0.3 is 10.6 Å². The third kappa shape index (κ3) is 5.08. The number of ketones is 1. The summed E-state index contributed by atoms with van der Waals surface area (Å²) in [6, 6.07) is 16.0. The number of Topliss-reactive ketones (excluding diaryl/α,β-unsaturated/α-hetero) is 1. The zero-order chi connectivity index (χ0) is 19.2. The Kier molecular flexibility index (Phi) is 5.73. The Balaban J connectivity index is 1.58. The molecule has 136 valence electrons. The molecular formula is C20H17N3O3S. The third-order valence-electron chi connectivity index (χ3n) is 3.74. The molecule has 1 heterocycles. The number of aromatic nitrogens is 1. The van der Waals surface area contributed by atoms with Gasteiger partial charge in [-0.1, -0.05) is 30.3 Å². The van der Waals surface area contributed by atoms with Crippen LogP contribution in [0.4, 0.5) is 10.8 Å². The van der Waals surface area contributed by atoms with Gasteiger partial charge in [0.2, 0.25) is 5.91 Å². The highest BCUT2D eigenvalue weighted by atomic mass is 32.1. The van der Waals surface area contributed by atoms with Crippen LogP contribution in [-0.2, 0) is 11.2 Å². The zero-order valence-electron chi connectivity index (χ0n) is 14.6. The van der Waals surface area contributed by atoms with Crippen molar-refractivity contribution in [3.63, 3.8) is 0 Å². The fourth-order valence-electron chi connectivity index (χ4n) is 2.36. The largest absolute Gasteiger partial charge is 0.321 e. The lowest BCUT2D eigenvalue weighted by Crippen LogP contribution is -2.15. The molecule has 0 fully saturated rings. The summed E-state index contributed by atoms with van der Waals surface area (Å²) in [5.41, 5.74) is 2.25. The number of amides is 2. The fraction of sp³-hybridized carbons (Fsp3) is 0.100. The third-order valence-corrected chi connectivity index (χ3v) is 4.50. The van der Waals surface area contributed by atoms with E-state index in [1.165, 1.54) is 18.3 Å². The molecule has 0 saturated carbocycles. The van der Waals surface area contributed by atoms with E-state index in [4.69, 9.17) is 0 Å². The first-order chi connectivity index (χ1) is 13.0. The number of thiazole rings is 1. The average Bonchev–Trinajstić information content (AvgIpc) is 3.11. The van der Waals surface area contributed by atoms with Gasteiger partial charge in [-0.05, 0) is 36.8 Å². The number of anilines is 2. The molecule has 3 rings (SSSR count). The number of benzene rings is 2. The van der Waals surface area contributed by atoms with Crippen molar-refractivity contribution in [2.24, 2.45) is 0 Å². The Morgan fingerprint density at radius 3 is 2.33 bits per heavy atom. The van der Waals surface area contributed by atoms with E-state index in [0.29, 0.717) is 16.4 Å². The maximum Gasteiger partial charge on any atom is 0.275 e. The highest BCUT2D eigenvalue weighted by Crippen LogP contribution is 2.18. The SMILES string of the molecule is CC(=O)c1ccc(NC(=O)c2csc(NC(=O)Cc3ccccc3)n2)cc1. The number of hydrogen-bond acceptors (Lipinski definition) is 5. The molecule has 6 nitrogen and oxygen atoms in total. The van der Waals surface area contributed by atoms with Crippen LogP contribution < -0.4 is 10.6 Å². The number of nitrogens with one attached hydrogen (secondary N) is 2. The maximum atomic E-state index is 12.3. The molecule has 2 N–H and O–H groups in total. The monoisotopic (exact) mass is 379 g/mol. The second-order valence-corrected chi connectivity index (χ2v) is 6.69. The van der Waals surface area contributed by atoms with Crippen molar-refractivity contribution in [3.8, 4) is 0 Å². The second kappa shape index (κ2) is 8.37. The summed E-state index contributed by atoms with van der Waals surface area (Å²) >= 11 is 1.19. The lowest BCUT2D eigenvalue weighted by atomic mass is 10.1. The summed E-state index contributed by atoms with van der Waals surface area (Å²) in [7, 11) is 0. The van der Waals surface area contributed by atoms with Crippen molar-refractivity contribution >= 4 is 39.8 Å². The van der Waals surface area contributed by atoms with Crippen LogP contribution >= 0.6 is 11.3 Å². The molecule has 0 bridgehead atoms. The van der Waals surface area contributed by atoms with Gasteiger partial charge >= 0.3 is 0 Å². The molecular weight excluding hydrogens is 362 g/mol. The van der Waals surface area contributed by atoms with Gasteiger partial charge in [0, 0.05) is 16.6 Å². The Morgan fingerprint density at radius 1 is 0.963 bits per heavy atom. The fourth-order valence-corrected chi connectivity index (χ4v) is 3.07. The van der Waals surface area contributed by atoms with Crippen molar-refractivity contribution < 1.29 is 14.4 Å². The van der Waals surface area contributed by atoms with E-state index in [-0.39, 0.29) is 29.7 Å². The summed E-state index contributed by atoms with van der Waals surface area (Å²) in [6.45, 7) is 1.48. The standard InChI is InChI=1S/C20H17N3O3S/c1-13(24)15-7-9-16(10-8-15)21-19(26)17-12-27-20(22-17)23-18(25)11-14-5-3-2-4-6-14/h2-10,12H,11H2,1H3,(H,21,26)(H,22,23,25). The first-order valence-corrected chi connectivity index (χ1v) is 9.11. The highest BCUT2D eigenvalue weighted by molar-refractivity contribution is 7.14. The molecule has 2 amide bonds. The summed E-state index contributed by atoms with van der Waals surface area (Å²) in [6.07, 6.45) is 0.241. The van der Waals surface area contributed by atoms with Crippen LogP contribution in [0.3, 0.4) is 0 Å². The van der Waals surface area contributed by atoms with E-state index < -0.39 is 0 Å². The molecule has 1 aromatic heterocycles. The molecule has 0 saturated heterocycles. The molecule has 0 aliphatic rings. The Morgan fingerprint density at radius 2 is 1.67 bits per heavy atom. The van der Waals surface area contributed by atoms with E-state index in [1.807, 2.05) is 30.3 Å². The van der Waals surface area contributed by atoms with E-state index in [2.05, 4.69) is 15.6 Å². The quantitative estimate of drug-likeness (QED) is 0.638. The van der Waals surface area contributed by atoms with Crippen molar-refractivity contribution in [1.82, 2.24) is 4.98 Å². The summed E-state index contributed by atoms with van der Waals surface area (Å²) < 4.78 is 0. The summed E-state index contributed by atoms with van der Waals surface area (Å²) in [5.74, 6) is -0.615. The number of nitrogens with zero attached hydrogens (tertiary/aromatic N) is 1. The normalized spacial score (nSPS) is 10.3. The number of hydrogen-bond donors (Lipinski definition) is 2.